The van der Waals surface area contributed by atoms with Crippen LogP contribution in [0, 0.1) is 10.8 Å². The zero-order chi connectivity index (χ0) is 15.1. The zero-order valence-corrected chi connectivity index (χ0v) is 12.9. The minimum Gasteiger partial charge on any atom is -0.466 e. The molecule has 112 valence electrons. The SMILES string of the molecule is CCOC(=O)C(C)(C)COCC(C)(C)C(=O)OCC. The zero-order valence-electron chi connectivity index (χ0n) is 12.9. The molecule has 0 saturated heterocycles. The summed E-state index contributed by atoms with van der Waals surface area (Å²) in [4.78, 5) is 23.3. The Labute approximate surface area is 115 Å². The van der Waals surface area contributed by atoms with E-state index in [0.717, 1.165) is 0 Å². The molecule has 19 heavy (non-hydrogen) atoms. The van der Waals surface area contributed by atoms with E-state index in [1.807, 2.05) is 0 Å². The lowest BCUT2D eigenvalue weighted by Gasteiger charge is -2.26. The molecule has 0 aliphatic carbocycles. The van der Waals surface area contributed by atoms with Gasteiger partial charge in [-0.1, -0.05) is 0 Å². The average Bonchev–Trinajstić information content (AvgIpc) is 2.29. The molecule has 0 aliphatic rings. The van der Waals surface area contributed by atoms with E-state index in [2.05, 4.69) is 0 Å². The number of carbonyl (C=O) groups is 2. The maximum Gasteiger partial charge on any atom is 0.313 e. The van der Waals surface area contributed by atoms with Crippen molar-refractivity contribution in [3.05, 3.63) is 0 Å². The molecule has 0 saturated carbocycles. The van der Waals surface area contributed by atoms with E-state index in [4.69, 9.17) is 14.2 Å². The molecule has 0 unspecified atom stereocenters. The molecule has 0 rings (SSSR count). The van der Waals surface area contributed by atoms with Gasteiger partial charge in [0.2, 0.25) is 0 Å². The third-order valence-corrected chi connectivity index (χ3v) is 2.58. The van der Waals surface area contributed by atoms with Gasteiger partial charge >= 0.3 is 11.9 Å². The van der Waals surface area contributed by atoms with Crippen molar-refractivity contribution >= 4 is 11.9 Å². The van der Waals surface area contributed by atoms with Gasteiger partial charge in [0.05, 0.1) is 37.3 Å². The third kappa shape index (κ3) is 6.05. The van der Waals surface area contributed by atoms with Crippen LogP contribution in [0.3, 0.4) is 0 Å². The van der Waals surface area contributed by atoms with E-state index in [1.54, 1.807) is 41.5 Å². The Kier molecular flexibility index (Phi) is 7.05. The second-order valence-corrected chi connectivity index (χ2v) is 5.70. The Bertz CT molecular complexity index is 277. The topological polar surface area (TPSA) is 61.8 Å². The number of ether oxygens (including phenoxy) is 3. The highest BCUT2D eigenvalue weighted by Gasteiger charge is 2.33. The first kappa shape index (κ1) is 17.9. The maximum absolute atomic E-state index is 11.7. The van der Waals surface area contributed by atoms with Gasteiger partial charge in [0.25, 0.3) is 0 Å². The summed E-state index contributed by atoms with van der Waals surface area (Å²) in [5.41, 5.74) is -1.44. The smallest absolute Gasteiger partial charge is 0.313 e. The molecule has 0 N–H and O–H groups in total. The summed E-state index contributed by atoms with van der Waals surface area (Å²) < 4.78 is 15.4. The summed E-state index contributed by atoms with van der Waals surface area (Å²) in [6.45, 7) is 11.6. The first-order valence-corrected chi connectivity index (χ1v) is 6.59. The molecule has 0 amide bonds. The Morgan fingerprint density at radius 3 is 1.37 bits per heavy atom. The van der Waals surface area contributed by atoms with Crippen molar-refractivity contribution in [2.45, 2.75) is 41.5 Å². The van der Waals surface area contributed by atoms with Gasteiger partial charge in [-0.25, -0.2) is 0 Å². The van der Waals surface area contributed by atoms with Crippen LogP contribution in [-0.2, 0) is 23.8 Å². The lowest BCUT2D eigenvalue weighted by atomic mass is 9.93. The van der Waals surface area contributed by atoms with Crippen LogP contribution in [0.25, 0.3) is 0 Å². The fourth-order valence-electron chi connectivity index (χ4n) is 1.33. The van der Waals surface area contributed by atoms with Crippen molar-refractivity contribution in [1.82, 2.24) is 0 Å². The molecule has 0 aromatic heterocycles. The molecule has 0 spiro atoms. The molecular formula is C14H26O5. The normalized spacial score (nSPS) is 12.1. The van der Waals surface area contributed by atoms with Gasteiger partial charge in [-0.05, 0) is 41.5 Å². The third-order valence-electron chi connectivity index (χ3n) is 2.58. The van der Waals surface area contributed by atoms with Crippen molar-refractivity contribution in [3.63, 3.8) is 0 Å². The lowest BCUT2D eigenvalue weighted by molar-refractivity contribution is -0.161. The minimum atomic E-state index is -0.721. The quantitative estimate of drug-likeness (QED) is 0.635. The molecule has 0 aromatic carbocycles. The summed E-state index contributed by atoms with van der Waals surface area (Å²) in [6.07, 6.45) is 0. The van der Waals surface area contributed by atoms with Crippen LogP contribution in [-0.4, -0.2) is 38.4 Å². The first-order valence-electron chi connectivity index (χ1n) is 6.59. The Hall–Kier alpha value is -1.10. The van der Waals surface area contributed by atoms with Crippen LogP contribution < -0.4 is 0 Å². The van der Waals surface area contributed by atoms with Crippen molar-refractivity contribution < 1.29 is 23.8 Å². The molecular weight excluding hydrogens is 248 g/mol. The van der Waals surface area contributed by atoms with Gasteiger partial charge in [0.15, 0.2) is 0 Å². The summed E-state index contributed by atoms with van der Waals surface area (Å²) in [5, 5.41) is 0. The Morgan fingerprint density at radius 1 is 0.789 bits per heavy atom. The maximum atomic E-state index is 11.7. The van der Waals surface area contributed by atoms with Gasteiger partial charge in [0, 0.05) is 0 Å². The fraction of sp³-hybridized carbons (Fsp3) is 0.857. The summed E-state index contributed by atoms with van der Waals surface area (Å²) >= 11 is 0. The minimum absolute atomic E-state index is 0.203. The van der Waals surface area contributed by atoms with Crippen LogP contribution in [0.15, 0.2) is 0 Å². The summed E-state index contributed by atoms with van der Waals surface area (Å²) in [7, 11) is 0. The molecule has 0 heterocycles. The molecule has 0 bridgehead atoms. The highest BCUT2D eigenvalue weighted by atomic mass is 16.5. The molecule has 0 aromatic rings. The van der Waals surface area contributed by atoms with Gasteiger partial charge in [-0.3, -0.25) is 9.59 Å². The molecule has 0 aliphatic heterocycles. The highest BCUT2D eigenvalue weighted by molar-refractivity contribution is 5.76. The monoisotopic (exact) mass is 274 g/mol. The van der Waals surface area contributed by atoms with E-state index in [-0.39, 0.29) is 25.2 Å². The van der Waals surface area contributed by atoms with Gasteiger partial charge < -0.3 is 14.2 Å². The summed E-state index contributed by atoms with van der Waals surface area (Å²) in [5.74, 6) is -0.604. The van der Waals surface area contributed by atoms with Gasteiger partial charge in [-0.15, -0.1) is 0 Å². The fourth-order valence-corrected chi connectivity index (χ4v) is 1.33. The van der Waals surface area contributed by atoms with Gasteiger partial charge in [0.1, 0.15) is 0 Å². The standard InChI is InChI=1S/C14H26O5/c1-7-18-11(15)13(3,4)9-17-10-14(5,6)12(16)19-8-2/h7-10H2,1-6H3. The number of carbonyl (C=O) groups excluding carboxylic acids is 2. The van der Waals surface area contributed by atoms with E-state index in [0.29, 0.717) is 13.2 Å². The van der Waals surface area contributed by atoms with Crippen LogP contribution in [0.5, 0.6) is 0 Å². The van der Waals surface area contributed by atoms with Crippen LogP contribution in [0.1, 0.15) is 41.5 Å². The summed E-state index contributed by atoms with van der Waals surface area (Å²) in [6, 6.07) is 0. The Balaban J connectivity index is 4.28. The predicted octanol–water partition coefficient (Wildman–Crippen LogP) is 2.18. The van der Waals surface area contributed by atoms with E-state index in [9.17, 15) is 9.59 Å². The number of esters is 2. The second kappa shape index (κ2) is 7.48. The van der Waals surface area contributed by atoms with Crippen LogP contribution >= 0.6 is 0 Å². The number of hydrogen-bond donors (Lipinski definition) is 0. The molecule has 0 atom stereocenters. The second-order valence-electron chi connectivity index (χ2n) is 5.70. The largest absolute Gasteiger partial charge is 0.466 e. The van der Waals surface area contributed by atoms with Crippen LogP contribution in [0.4, 0.5) is 0 Å². The molecule has 0 radical (unpaired) electrons. The average molecular weight is 274 g/mol. The molecule has 5 nitrogen and oxygen atoms in total. The predicted molar refractivity (Wildman–Crippen MR) is 71.6 cm³/mol. The first-order chi connectivity index (χ1) is 8.67. The highest BCUT2D eigenvalue weighted by Crippen LogP contribution is 2.22. The van der Waals surface area contributed by atoms with E-state index >= 15 is 0 Å². The number of hydrogen-bond acceptors (Lipinski definition) is 5. The van der Waals surface area contributed by atoms with Crippen molar-refractivity contribution in [2.24, 2.45) is 10.8 Å². The Morgan fingerprint density at radius 2 is 1.11 bits per heavy atom. The van der Waals surface area contributed by atoms with Crippen molar-refractivity contribution in [3.8, 4) is 0 Å². The van der Waals surface area contributed by atoms with E-state index in [1.165, 1.54) is 0 Å². The molecule has 0 fully saturated rings. The van der Waals surface area contributed by atoms with E-state index < -0.39 is 10.8 Å². The number of rotatable bonds is 8. The lowest BCUT2D eigenvalue weighted by Crippen LogP contribution is -2.36. The van der Waals surface area contributed by atoms with Crippen molar-refractivity contribution in [2.75, 3.05) is 26.4 Å². The van der Waals surface area contributed by atoms with Crippen molar-refractivity contribution in [1.29, 1.82) is 0 Å². The van der Waals surface area contributed by atoms with Gasteiger partial charge in [-0.2, -0.15) is 0 Å². The van der Waals surface area contributed by atoms with Crippen LogP contribution in [0.2, 0.25) is 0 Å². The molecule has 5 heteroatoms.